The molecule has 0 fully saturated rings. The molecule has 41 heavy (non-hydrogen) atoms. The van der Waals surface area contributed by atoms with Crippen LogP contribution in [0.2, 0.25) is 0 Å². The average molecular weight is 580 g/mol. The van der Waals surface area contributed by atoms with E-state index in [1.54, 1.807) is 19.9 Å². The lowest BCUT2D eigenvalue weighted by molar-refractivity contribution is -0.140. The molecule has 0 aliphatic rings. The third kappa shape index (κ3) is 12.1. The van der Waals surface area contributed by atoms with Gasteiger partial charge in [0.25, 0.3) is 0 Å². The number of carbonyl (C=O) groups excluding carboxylic acids is 3. The molecule has 0 radical (unpaired) electrons. The molecule has 0 saturated carbocycles. The maximum Gasteiger partial charge on any atom is 0.508 e. The molecule has 0 aliphatic heterocycles. The number of carboxylic acid groups (broad SMARTS) is 1. The summed E-state index contributed by atoms with van der Waals surface area (Å²) in [7, 11) is 0. The normalized spacial score (nSPS) is 16.3. The highest BCUT2D eigenvalue weighted by Gasteiger charge is 2.36. The van der Waals surface area contributed by atoms with Crippen molar-refractivity contribution >= 4 is 24.1 Å². The van der Waals surface area contributed by atoms with Gasteiger partial charge in [0, 0.05) is 24.7 Å². The largest absolute Gasteiger partial charge is 0.508 e. The molecule has 1 aromatic carbocycles. The molecule has 0 aromatic heterocycles. The number of carbonyl (C=O) groups is 4. The highest BCUT2D eigenvalue weighted by Crippen LogP contribution is 2.37. The van der Waals surface area contributed by atoms with Crippen molar-refractivity contribution in [2.24, 2.45) is 29.4 Å². The van der Waals surface area contributed by atoms with Crippen LogP contribution in [0.1, 0.15) is 99.0 Å². The van der Waals surface area contributed by atoms with Crippen molar-refractivity contribution in [1.82, 2.24) is 0 Å². The smallest absolute Gasteiger partial charge is 0.480 e. The maximum absolute atomic E-state index is 12.7. The number of carboxylic acids is 1. The van der Waals surface area contributed by atoms with Gasteiger partial charge in [0.2, 0.25) is 0 Å². The van der Waals surface area contributed by atoms with Gasteiger partial charge < -0.3 is 29.8 Å². The lowest BCUT2D eigenvalue weighted by atomic mass is 9.79. The van der Waals surface area contributed by atoms with Gasteiger partial charge in [-0.2, -0.15) is 0 Å². The second-order valence-electron chi connectivity index (χ2n) is 11.2. The van der Waals surface area contributed by atoms with Gasteiger partial charge >= 0.3 is 24.1 Å². The summed E-state index contributed by atoms with van der Waals surface area (Å²) in [6.45, 7) is 15.3. The summed E-state index contributed by atoms with van der Waals surface area (Å²) in [6, 6.07) is 3.14. The number of benzene rings is 1. The Hall–Kier alpha value is -3.14. The Kier molecular flexibility index (Phi) is 15.4. The van der Waals surface area contributed by atoms with Crippen LogP contribution in [0.5, 0.6) is 11.5 Å². The van der Waals surface area contributed by atoms with Gasteiger partial charge in [0.1, 0.15) is 12.1 Å². The van der Waals surface area contributed by atoms with Crippen LogP contribution in [0.15, 0.2) is 18.2 Å². The highest BCUT2D eigenvalue weighted by molar-refractivity contribution is 5.77. The zero-order valence-corrected chi connectivity index (χ0v) is 25.8. The average Bonchev–Trinajstić information content (AvgIpc) is 2.92. The number of aliphatic carboxylic acids is 1. The zero-order chi connectivity index (χ0) is 31.3. The molecule has 10 nitrogen and oxygen atoms in total. The van der Waals surface area contributed by atoms with Gasteiger partial charge in [-0.05, 0) is 42.4 Å². The molecule has 0 spiro atoms. The maximum atomic E-state index is 12.7. The van der Waals surface area contributed by atoms with Crippen molar-refractivity contribution in [2.45, 2.75) is 106 Å². The molecule has 232 valence electrons. The Morgan fingerprint density at radius 2 is 1.32 bits per heavy atom. The van der Waals surface area contributed by atoms with Gasteiger partial charge in [-0.25, -0.2) is 4.79 Å². The van der Waals surface area contributed by atoms with Crippen molar-refractivity contribution in [2.75, 3.05) is 6.61 Å². The van der Waals surface area contributed by atoms with E-state index in [9.17, 15) is 24.3 Å². The predicted molar refractivity (Wildman–Crippen MR) is 155 cm³/mol. The van der Waals surface area contributed by atoms with Crippen molar-refractivity contribution in [3.05, 3.63) is 23.8 Å². The summed E-state index contributed by atoms with van der Waals surface area (Å²) in [4.78, 5) is 49.6. The fraction of sp³-hybridized carbons (Fsp3) is 0.677. The minimum atomic E-state index is -1.38. The van der Waals surface area contributed by atoms with E-state index in [0.29, 0.717) is 5.56 Å². The van der Waals surface area contributed by atoms with Crippen molar-refractivity contribution in [3.8, 4) is 11.5 Å². The first-order chi connectivity index (χ1) is 19.2. The van der Waals surface area contributed by atoms with E-state index in [1.165, 1.54) is 12.1 Å². The van der Waals surface area contributed by atoms with Gasteiger partial charge in [0.05, 0.1) is 6.61 Å². The Labute approximate surface area is 244 Å². The van der Waals surface area contributed by atoms with Crippen LogP contribution in [-0.4, -0.2) is 47.9 Å². The number of hydrogen-bond acceptors (Lipinski definition) is 9. The van der Waals surface area contributed by atoms with Crippen molar-refractivity contribution in [3.63, 3.8) is 0 Å². The molecule has 0 amide bonds. The first-order valence-corrected chi connectivity index (χ1v) is 14.6. The molecule has 1 rings (SSSR count). The predicted octanol–water partition coefficient (Wildman–Crippen LogP) is 6.09. The Balaban J connectivity index is 3.38. The first kappa shape index (κ1) is 35.9. The van der Waals surface area contributed by atoms with E-state index >= 15 is 0 Å². The summed E-state index contributed by atoms with van der Waals surface area (Å²) in [6.07, 6.45) is 1.12. The SMILES string of the molecule is CCC(C)COC(=O)OC(C)C(C)C(c1ccc(OC(=O)CC(C)CC)c(OC(=O)CC(C)CC)c1)[C@H](N)C(=O)O. The minimum Gasteiger partial charge on any atom is -0.480 e. The standard InChI is InChI=1S/C31H49NO9/c1-9-18(4)14-26(33)40-24-13-12-23(16-25(24)41-27(34)15-19(5)10-2)28(29(32)30(35)36)21(7)22(8)39-31(37)38-17-20(6)11-3/h12-13,16,18-22,28-29H,9-11,14-15,17,32H2,1-8H3,(H,35,36)/t18?,19?,20?,21?,22?,28?,29-/m0/s1. The van der Waals surface area contributed by atoms with E-state index in [-0.39, 0.29) is 48.7 Å². The van der Waals surface area contributed by atoms with E-state index in [0.717, 1.165) is 19.3 Å². The summed E-state index contributed by atoms with van der Waals surface area (Å²) in [5.41, 5.74) is 6.56. The van der Waals surface area contributed by atoms with Gasteiger partial charge in [-0.15, -0.1) is 0 Å². The first-order valence-electron chi connectivity index (χ1n) is 14.6. The fourth-order valence-corrected chi connectivity index (χ4v) is 3.99. The molecule has 0 heterocycles. The van der Waals surface area contributed by atoms with E-state index in [2.05, 4.69) is 0 Å². The molecule has 6 unspecified atom stereocenters. The van der Waals surface area contributed by atoms with Gasteiger partial charge in [0.15, 0.2) is 11.5 Å². The van der Waals surface area contributed by atoms with E-state index in [4.69, 9.17) is 24.7 Å². The van der Waals surface area contributed by atoms with Crippen LogP contribution in [0, 0.1) is 23.7 Å². The molecule has 10 heteroatoms. The molecule has 1 aromatic rings. The third-order valence-corrected chi connectivity index (χ3v) is 7.67. The van der Waals surface area contributed by atoms with Crippen LogP contribution in [0.25, 0.3) is 0 Å². The zero-order valence-electron chi connectivity index (χ0n) is 25.8. The molecule has 0 saturated heterocycles. The Bertz CT molecular complexity index is 1010. The summed E-state index contributed by atoms with van der Waals surface area (Å²) in [5, 5.41) is 9.81. The van der Waals surface area contributed by atoms with Gasteiger partial charge in [-0.3, -0.25) is 14.4 Å². The lowest BCUT2D eigenvalue weighted by Crippen LogP contribution is -2.42. The quantitative estimate of drug-likeness (QED) is 0.164. The van der Waals surface area contributed by atoms with Gasteiger partial charge in [-0.1, -0.05) is 73.8 Å². The van der Waals surface area contributed by atoms with Crippen LogP contribution in [0.4, 0.5) is 4.79 Å². The van der Waals surface area contributed by atoms with Crippen LogP contribution >= 0.6 is 0 Å². The summed E-state index contributed by atoms with van der Waals surface area (Å²) >= 11 is 0. The fourth-order valence-electron chi connectivity index (χ4n) is 3.99. The molecular weight excluding hydrogens is 530 g/mol. The minimum absolute atomic E-state index is 0.00960. The topological polar surface area (TPSA) is 151 Å². The van der Waals surface area contributed by atoms with Crippen molar-refractivity contribution < 1.29 is 43.2 Å². The van der Waals surface area contributed by atoms with Crippen LogP contribution < -0.4 is 15.2 Å². The summed E-state index contributed by atoms with van der Waals surface area (Å²) in [5.74, 6) is -3.29. The molecule has 0 aliphatic carbocycles. The van der Waals surface area contributed by atoms with E-state index in [1.807, 2.05) is 41.5 Å². The second kappa shape index (κ2) is 17.6. The molecule has 3 N–H and O–H groups in total. The number of nitrogens with two attached hydrogens (primary N) is 1. The van der Waals surface area contributed by atoms with Crippen LogP contribution in [-0.2, 0) is 23.9 Å². The molecular formula is C31H49NO9. The lowest BCUT2D eigenvalue weighted by Gasteiger charge is -2.31. The molecule has 0 bridgehead atoms. The number of hydrogen-bond donors (Lipinski definition) is 2. The number of esters is 2. The Morgan fingerprint density at radius 1 is 0.805 bits per heavy atom. The van der Waals surface area contributed by atoms with E-state index < -0.39 is 48.0 Å². The van der Waals surface area contributed by atoms with Crippen LogP contribution in [0.3, 0.4) is 0 Å². The number of rotatable bonds is 17. The summed E-state index contributed by atoms with van der Waals surface area (Å²) < 4.78 is 21.8. The second-order valence-corrected chi connectivity index (χ2v) is 11.2. The monoisotopic (exact) mass is 579 g/mol. The van der Waals surface area contributed by atoms with Crippen molar-refractivity contribution in [1.29, 1.82) is 0 Å². The number of ether oxygens (including phenoxy) is 4. The highest BCUT2D eigenvalue weighted by atomic mass is 16.7. The molecule has 7 atom stereocenters. The third-order valence-electron chi connectivity index (χ3n) is 7.67. The Morgan fingerprint density at radius 3 is 1.80 bits per heavy atom.